The summed E-state index contributed by atoms with van der Waals surface area (Å²) in [5.41, 5.74) is 6.70. The summed E-state index contributed by atoms with van der Waals surface area (Å²) in [6.45, 7) is 4.64. The second kappa shape index (κ2) is 7.04. The van der Waals surface area contributed by atoms with E-state index >= 15 is 0 Å². The second-order valence-corrected chi connectivity index (χ2v) is 8.31. The highest BCUT2D eigenvalue weighted by molar-refractivity contribution is 5.81. The SMILES string of the molecule is Cc1c2c(nc3c1CN(C(=O)[C@@H]1CCN(c4ccnc(C(F)F)c4)C1)C3)CCC2. The molecule has 7 heteroatoms. The monoisotopic (exact) mass is 398 g/mol. The molecule has 0 bridgehead atoms. The van der Waals surface area contributed by atoms with Gasteiger partial charge in [0.1, 0.15) is 5.69 Å². The van der Waals surface area contributed by atoms with Crippen LogP contribution in [0.1, 0.15) is 53.0 Å². The number of hydrogen-bond donors (Lipinski definition) is 0. The van der Waals surface area contributed by atoms with E-state index in [0.29, 0.717) is 31.9 Å². The number of pyridine rings is 2. The van der Waals surface area contributed by atoms with Crippen molar-refractivity contribution in [3.63, 3.8) is 0 Å². The fourth-order valence-corrected chi connectivity index (χ4v) is 5.02. The Labute approximate surface area is 168 Å². The van der Waals surface area contributed by atoms with E-state index < -0.39 is 6.43 Å². The van der Waals surface area contributed by atoms with Gasteiger partial charge in [-0.25, -0.2) is 8.78 Å². The van der Waals surface area contributed by atoms with Crippen LogP contribution in [0.5, 0.6) is 0 Å². The molecule has 1 amide bonds. The highest BCUT2D eigenvalue weighted by Crippen LogP contribution is 2.34. The zero-order chi connectivity index (χ0) is 20.1. The van der Waals surface area contributed by atoms with Crippen LogP contribution in [0.4, 0.5) is 14.5 Å². The largest absolute Gasteiger partial charge is 0.371 e. The first-order chi connectivity index (χ1) is 14.0. The van der Waals surface area contributed by atoms with Crippen molar-refractivity contribution < 1.29 is 13.6 Å². The summed E-state index contributed by atoms with van der Waals surface area (Å²) in [4.78, 5) is 25.7. The van der Waals surface area contributed by atoms with Crippen molar-refractivity contribution in [3.05, 3.63) is 52.1 Å². The molecule has 5 nitrogen and oxygen atoms in total. The number of rotatable bonds is 3. The molecule has 2 aliphatic heterocycles. The van der Waals surface area contributed by atoms with Crippen LogP contribution in [-0.4, -0.2) is 33.9 Å². The number of nitrogens with zero attached hydrogens (tertiary/aromatic N) is 4. The number of anilines is 1. The maximum atomic E-state index is 13.2. The Morgan fingerprint density at radius 3 is 2.90 bits per heavy atom. The average molecular weight is 398 g/mol. The Hall–Kier alpha value is -2.57. The third-order valence-corrected chi connectivity index (χ3v) is 6.60. The number of amides is 1. The van der Waals surface area contributed by atoms with Gasteiger partial charge in [0, 0.05) is 37.2 Å². The number of fused-ring (bicyclic) bond motifs is 2. The molecule has 152 valence electrons. The van der Waals surface area contributed by atoms with Crippen LogP contribution >= 0.6 is 0 Å². The zero-order valence-electron chi connectivity index (χ0n) is 16.5. The number of alkyl halides is 2. The topological polar surface area (TPSA) is 49.3 Å². The summed E-state index contributed by atoms with van der Waals surface area (Å²) in [6, 6.07) is 3.16. The predicted octanol–water partition coefficient (Wildman–Crippen LogP) is 3.58. The maximum absolute atomic E-state index is 13.2. The smallest absolute Gasteiger partial charge is 0.280 e. The lowest BCUT2D eigenvalue weighted by Gasteiger charge is -2.22. The van der Waals surface area contributed by atoms with E-state index in [0.717, 1.165) is 25.0 Å². The molecule has 5 rings (SSSR count). The average Bonchev–Trinajstić information content (AvgIpc) is 3.47. The molecule has 0 N–H and O–H groups in total. The Bertz CT molecular complexity index is 978. The van der Waals surface area contributed by atoms with Crippen molar-refractivity contribution in [2.45, 2.75) is 52.1 Å². The van der Waals surface area contributed by atoms with Crippen molar-refractivity contribution in [1.82, 2.24) is 14.9 Å². The molecule has 0 saturated carbocycles. The van der Waals surface area contributed by atoms with Gasteiger partial charge in [0.15, 0.2) is 0 Å². The lowest BCUT2D eigenvalue weighted by Crippen LogP contribution is -2.34. The van der Waals surface area contributed by atoms with Gasteiger partial charge in [0.25, 0.3) is 6.43 Å². The lowest BCUT2D eigenvalue weighted by molar-refractivity contribution is -0.135. The molecule has 4 heterocycles. The van der Waals surface area contributed by atoms with Crippen LogP contribution in [0.3, 0.4) is 0 Å². The minimum absolute atomic E-state index is 0.111. The van der Waals surface area contributed by atoms with Gasteiger partial charge in [0.2, 0.25) is 5.91 Å². The highest BCUT2D eigenvalue weighted by atomic mass is 19.3. The molecule has 0 radical (unpaired) electrons. The minimum atomic E-state index is -2.59. The van der Waals surface area contributed by atoms with Crippen molar-refractivity contribution in [2.75, 3.05) is 18.0 Å². The molecular weight excluding hydrogens is 374 g/mol. The summed E-state index contributed by atoms with van der Waals surface area (Å²) in [7, 11) is 0. The number of hydrogen-bond acceptors (Lipinski definition) is 4. The van der Waals surface area contributed by atoms with E-state index in [1.807, 2.05) is 9.80 Å². The molecule has 1 fully saturated rings. The number of halogens is 2. The number of carbonyl (C=O) groups is 1. The lowest BCUT2D eigenvalue weighted by atomic mass is 10.0. The van der Waals surface area contributed by atoms with Gasteiger partial charge in [-0.3, -0.25) is 14.8 Å². The molecule has 29 heavy (non-hydrogen) atoms. The number of aryl methyl sites for hydroxylation is 1. The van der Waals surface area contributed by atoms with Crippen molar-refractivity contribution >= 4 is 11.6 Å². The number of carbonyl (C=O) groups excluding carboxylic acids is 1. The summed E-state index contributed by atoms with van der Waals surface area (Å²) >= 11 is 0. The molecule has 2 aromatic heterocycles. The van der Waals surface area contributed by atoms with Crippen molar-refractivity contribution in [3.8, 4) is 0 Å². The molecule has 1 saturated heterocycles. The first-order valence-electron chi connectivity index (χ1n) is 10.3. The normalized spacial score (nSPS) is 20.5. The summed E-state index contributed by atoms with van der Waals surface area (Å²) < 4.78 is 25.9. The van der Waals surface area contributed by atoms with Crippen molar-refractivity contribution in [1.29, 1.82) is 0 Å². The van der Waals surface area contributed by atoms with Gasteiger partial charge >= 0.3 is 0 Å². The second-order valence-electron chi connectivity index (χ2n) is 8.31. The molecule has 1 atom stereocenters. The first-order valence-corrected chi connectivity index (χ1v) is 10.3. The van der Waals surface area contributed by atoms with Crippen LogP contribution < -0.4 is 4.90 Å². The van der Waals surface area contributed by atoms with Gasteiger partial charge in [-0.15, -0.1) is 0 Å². The van der Waals surface area contributed by atoms with Crippen LogP contribution in [0.2, 0.25) is 0 Å². The molecule has 3 aliphatic rings. The van der Waals surface area contributed by atoms with Gasteiger partial charge in [0.05, 0.1) is 18.2 Å². The van der Waals surface area contributed by atoms with E-state index in [2.05, 4.69) is 11.9 Å². The number of aromatic nitrogens is 2. The van der Waals surface area contributed by atoms with E-state index in [4.69, 9.17) is 4.98 Å². The highest BCUT2D eigenvalue weighted by Gasteiger charge is 2.36. The Kier molecular flexibility index (Phi) is 4.48. The molecule has 0 aromatic carbocycles. The summed E-state index contributed by atoms with van der Waals surface area (Å²) in [6.07, 6.45) is 2.88. The van der Waals surface area contributed by atoms with Gasteiger partial charge in [-0.2, -0.15) is 0 Å². The van der Waals surface area contributed by atoms with E-state index in [1.54, 1.807) is 6.07 Å². The Morgan fingerprint density at radius 1 is 1.21 bits per heavy atom. The predicted molar refractivity (Wildman–Crippen MR) is 105 cm³/mol. The van der Waals surface area contributed by atoms with Crippen LogP contribution in [0.15, 0.2) is 18.3 Å². The third kappa shape index (κ3) is 3.16. The van der Waals surface area contributed by atoms with Crippen LogP contribution in [-0.2, 0) is 30.7 Å². The van der Waals surface area contributed by atoms with Gasteiger partial charge < -0.3 is 9.80 Å². The van der Waals surface area contributed by atoms with Gasteiger partial charge in [-0.05, 0) is 61.4 Å². The third-order valence-electron chi connectivity index (χ3n) is 6.60. The molecule has 2 aromatic rings. The van der Waals surface area contributed by atoms with E-state index in [1.165, 1.54) is 41.1 Å². The molecular formula is C22H24F2N4O. The maximum Gasteiger partial charge on any atom is 0.280 e. The van der Waals surface area contributed by atoms with E-state index in [9.17, 15) is 13.6 Å². The molecule has 1 aliphatic carbocycles. The Balaban J connectivity index is 1.29. The van der Waals surface area contributed by atoms with Crippen molar-refractivity contribution in [2.24, 2.45) is 5.92 Å². The molecule has 0 spiro atoms. The molecule has 0 unspecified atom stereocenters. The fourth-order valence-electron chi connectivity index (χ4n) is 5.02. The first kappa shape index (κ1) is 18.5. The standard InChI is InChI=1S/C22H24F2N4O/c1-13-16-3-2-4-18(16)26-20-12-28(11-17(13)20)22(29)14-6-8-27(10-14)15-5-7-25-19(9-15)21(23)24/h5,7,9,14,21H,2-4,6,8,10-12H2,1H3/t14-/m1/s1. The van der Waals surface area contributed by atoms with Gasteiger partial charge in [-0.1, -0.05) is 0 Å². The fraction of sp³-hybridized carbons (Fsp3) is 0.500. The quantitative estimate of drug-likeness (QED) is 0.793. The van der Waals surface area contributed by atoms with Crippen LogP contribution in [0.25, 0.3) is 0 Å². The van der Waals surface area contributed by atoms with Crippen LogP contribution in [0, 0.1) is 12.8 Å². The zero-order valence-corrected chi connectivity index (χ0v) is 16.5. The summed E-state index contributed by atoms with van der Waals surface area (Å²) in [5.74, 6) is 0.0350. The minimum Gasteiger partial charge on any atom is -0.371 e. The van der Waals surface area contributed by atoms with E-state index in [-0.39, 0.29) is 17.5 Å². The Morgan fingerprint density at radius 2 is 2.07 bits per heavy atom. The summed E-state index contributed by atoms with van der Waals surface area (Å²) in [5, 5.41) is 0.